The van der Waals surface area contributed by atoms with Crippen LogP contribution < -0.4 is 4.74 Å². The molecule has 0 amide bonds. The molecule has 0 unspecified atom stereocenters. The standard InChI is InChI=1S/C11H9F3O3S/c1-2-6-17-9-7(10(15)16)4-3-5-8(9)18-11(12,13)14/h2-5H,1,6H2,(H,15,16). The summed E-state index contributed by atoms with van der Waals surface area (Å²) in [5.41, 5.74) is -4.82. The number of thioether (sulfide) groups is 1. The van der Waals surface area contributed by atoms with Crippen LogP contribution in [0.3, 0.4) is 0 Å². The molecule has 0 saturated carbocycles. The fourth-order valence-corrected chi connectivity index (χ4v) is 1.84. The molecule has 0 aliphatic carbocycles. The number of hydrogen-bond donors (Lipinski definition) is 1. The predicted molar refractivity (Wildman–Crippen MR) is 61.0 cm³/mol. The van der Waals surface area contributed by atoms with Crippen molar-refractivity contribution in [2.75, 3.05) is 6.61 Å². The second-order valence-electron chi connectivity index (χ2n) is 3.09. The van der Waals surface area contributed by atoms with E-state index in [0.717, 1.165) is 6.07 Å². The number of rotatable bonds is 5. The van der Waals surface area contributed by atoms with Crippen molar-refractivity contribution in [2.24, 2.45) is 0 Å². The highest BCUT2D eigenvalue weighted by atomic mass is 32.2. The number of aromatic carboxylic acids is 1. The maximum absolute atomic E-state index is 12.3. The third-order valence-corrected chi connectivity index (χ3v) is 2.55. The van der Waals surface area contributed by atoms with Crippen molar-refractivity contribution < 1.29 is 27.8 Å². The average Bonchev–Trinajstić information content (AvgIpc) is 2.24. The molecule has 7 heteroatoms. The van der Waals surface area contributed by atoms with Crippen LogP contribution in [0.5, 0.6) is 5.75 Å². The molecule has 0 aromatic heterocycles. The van der Waals surface area contributed by atoms with E-state index in [2.05, 4.69) is 6.58 Å². The highest BCUT2D eigenvalue weighted by molar-refractivity contribution is 8.00. The molecule has 1 N–H and O–H groups in total. The van der Waals surface area contributed by atoms with Crippen molar-refractivity contribution in [2.45, 2.75) is 10.4 Å². The van der Waals surface area contributed by atoms with E-state index in [-0.39, 0.29) is 22.8 Å². The molecule has 1 rings (SSSR count). The molecule has 0 spiro atoms. The molecule has 0 aliphatic rings. The minimum atomic E-state index is -4.51. The number of carboxylic acids is 1. The topological polar surface area (TPSA) is 46.5 Å². The fraction of sp³-hybridized carbons (Fsp3) is 0.182. The lowest BCUT2D eigenvalue weighted by molar-refractivity contribution is -0.0329. The van der Waals surface area contributed by atoms with Crippen molar-refractivity contribution in [3.8, 4) is 5.75 Å². The van der Waals surface area contributed by atoms with Gasteiger partial charge in [-0.05, 0) is 23.9 Å². The van der Waals surface area contributed by atoms with Gasteiger partial charge < -0.3 is 9.84 Å². The first-order valence-corrected chi connectivity index (χ1v) is 5.52. The van der Waals surface area contributed by atoms with Crippen LogP contribution >= 0.6 is 11.8 Å². The Morgan fingerprint density at radius 3 is 2.67 bits per heavy atom. The zero-order chi connectivity index (χ0) is 13.8. The molecule has 1 aromatic carbocycles. The molecule has 1 aromatic rings. The average molecular weight is 278 g/mol. The van der Waals surface area contributed by atoms with Crippen LogP contribution in [0.15, 0.2) is 35.7 Å². The quantitative estimate of drug-likeness (QED) is 0.660. The van der Waals surface area contributed by atoms with Crippen molar-refractivity contribution >= 4 is 17.7 Å². The number of para-hydroxylation sites is 1. The fourth-order valence-electron chi connectivity index (χ4n) is 1.18. The third-order valence-electron chi connectivity index (χ3n) is 1.78. The summed E-state index contributed by atoms with van der Waals surface area (Å²) in [6, 6.07) is 3.57. The van der Waals surface area contributed by atoms with Crippen LogP contribution in [0.2, 0.25) is 0 Å². The van der Waals surface area contributed by atoms with Gasteiger partial charge in [0, 0.05) is 0 Å². The first kappa shape index (κ1) is 14.4. The molecular formula is C11H9F3O3S. The van der Waals surface area contributed by atoms with Gasteiger partial charge in [0.15, 0.2) is 0 Å². The molecule has 0 heterocycles. The molecule has 3 nitrogen and oxygen atoms in total. The van der Waals surface area contributed by atoms with Gasteiger partial charge in [-0.3, -0.25) is 0 Å². The van der Waals surface area contributed by atoms with Crippen LogP contribution in [0.1, 0.15) is 10.4 Å². The van der Waals surface area contributed by atoms with Crippen molar-refractivity contribution in [1.82, 2.24) is 0 Å². The van der Waals surface area contributed by atoms with Gasteiger partial charge in [0.05, 0.1) is 4.90 Å². The summed E-state index contributed by atoms with van der Waals surface area (Å²) >= 11 is -0.413. The van der Waals surface area contributed by atoms with Gasteiger partial charge in [0.2, 0.25) is 0 Å². The van der Waals surface area contributed by atoms with Gasteiger partial charge in [-0.15, -0.1) is 0 Å². The lowest BCUT2D eigenvalue weighted by atomic mass is 10.2. The smallest absolute Gasteiger partial charge is 0.446 e. The highest BCUT2D eigenvalue weighted by Gasteiger charge is 2.32. The molecular weight excluding hydrogens is 269 g/mol. The monoisotopic (exact) mass is 278 g/mol. The van der Waals surface area contributed by atoms with Gasteiger partial charge in [0.1, 0.15) is 17.9 Å². The largest absolute Gasteiger partial charge is 0.487 e. The Morgan fingerprint density at radius 1 is 1.50 bits per heavy atom. The van der Waals surface area contributed by atoms with Crippen molar-refractivity contribution in [3.05, 3.63) is 36.4 Å². The summed E-state index contributed by atoms with van der Waals surface area (Å²) in [6.45, 7) is 3.28. The van der Waals surface area contributed by atoms with Crippen LogP contribution in [-0.2, 0) is 0 Å². The molecule has 98 valence electrons. The zero-order valence-corrected chi connectivity index (χ0v) is 9.85. The second kappa shape index (κ2) is 5.81. The maximum atomic E-state index is 12.3. The first-order chi connectivity index (χ1) is 8.35. The van der Waals surface area contributed by atoms with Gasteiger partial charge in [0.25, 0.3) is 0 Å². The second-order valence-corrected chi connectivity index (χ2v) is 4.19. The number of carbonyl (C=O) groups is 1. The van der Waals surface area contributed by atoms with Crippen molar-refractivity contribution in [1.29, 1.82) is 0 Å². The summed E-state index contributed by atoms with van der Waals surface area (Å²) < 4.78 is 42.0. The Hall–Kier alpha value is -1.63. The normalized spacial score (nSPS) is 11.1. The van der Waals surface area contributed by atoms with E-state index >= 15 is 0 Å². The minimum Gasteiger partial charge on any atom is -0.487 e. The summed E-state index contributed by atoms with van der Waals surface area (Å²) in [6.07, 6.45) is 1.32. The van der Waals surface area contributed by atoms with Gasteiger partial charge in [-0.25, -0.2) is 4.79 Å². The zero-order valence-electron chi connectivity index (χ0n) is 9.03. The Balaban J connectivity index is 3.18. The van der Waals surface area contributed by atoms with Crippen LogP contribution in [-0.4, -0.2) is 23.2 Å². The summed E-state index contributed by atoms with van der Waals surface area (Å²) in [7, 11) is 0. The van der Waals surface area contributed by atoms with Gasteiger partial charge in [-0.2, -0.15) is 13.2 Å². The minimum absolute atomic E-state index is 0.0737. The SMILES string of the molecule is C=CCOc1c(SC(F)(F)F)cccc1C(=O)O. The van der Waals surface area contributed by atoms with E-state index in [1.54, 1.807) is 0 Å². The third kappa shape index (κ3) is 3.99. The summed E-state index contributed by atoms with van der Waals surface area (Å²) in [5, 5.41) is 8.89. The molecule has 0 aliphatic heterocycles. The summed E-state index contributed by atoms with van der Waals surface area (Å²) in [5.74, 6) is -1.65. The molecule has 0 radical (unpaired) electrons. The highest BCUT2D eigenvalue weighted by Crippen LogP contribution is 2.42. The molecule has 0 atom stereocenters. The first-order valence-electron chi connectivity index (χ1n) is 4.71. The van der Waals surface area contributed by atoms with E-state index in [1.165, 1.54) is 18.2 Å². The number of halogens is 3. The number of carboxylic acid groups (broad SMARTS) is 1. The van der Waals surface area contributed by atoms with E-state index in [0.29, 0.717) is 0 Å². The maximum Gasteiger partial charge on any atom is 0.446 e. The van der Waals surface area contributed by atoms with E-state index in [9.17, 15) is 18.0 Å². The van der Waals surface area contributed by atoms with E-state index in [1.807, 2.05) is 0 Å². The molecule has 18 heavy (non-hydrogen) atoms. The Labute approximate surface area is 105 Å². The Kier molecular flexibility index (Phi) is 4.66. The van der Waals surface area contributed by atoms with Crippen LogP contribution in [0.25, 0.3) is 0 Å². The van der Waals surface area contributed by atoms with Gasteiger partial charge >= 0.3 is 11.5 Å². The lowest BCUT2D eigenvalue weighted by Gasteiger charge is -2.13. The number of benzene rings is 1. The van der Waals surface area contributed by atoms with Gasteiger partial charge in [-0.1, -0.05) is 18.7 Å². The molecule has 0 bridgehead atoms. The lowest BCUT2D eigenvalue weighted by Crippen LogP contribution is -2.06. The number of alkyl halides is 3. The van der Waals surface area contributed by atoms with Crippen molar-refractivity contribution in [3.63, 3.8) is 0 Å². The Morgan fingerprint density at radius 2 is 2.17 bits per heavy atom. The molecule has 0 saturated heterocycles. The van der Waals surface area contributed by atoms with E-state index in [4.69, 9.17) is 9.84 Å². The van der Waals surface area contributed by atoms with Crippen LogP contribution in [0, 0.1) is 0 Å². The van der Waals surface area contributed by atoms with E-state index < -0.39 is 23.2 Å². The van der Waals surface area contributed by atoms with Crippen LogP contribution in [0.4, 0.5) is 13.2 Å². The summed E-state index contributed by atoms with van der Waals surface area (Å²) in [4.78, 5) is 10.6. The predicted octanol–water partition coefficient (Wildman–Crippen LogP) is 3.56. The Bertz CT molecular complexity index is 457. The number of ether oxygens (including phenoxy) is 1. The molecule has 0 fully saturated rings. The number of hydrogen-bond acceptors (Lipinski definition) is 3.